The van der Waals surface area contributed by atoms with Crippen molar-refractivity contribution in [3.63, 3.8) is 0 Å². The summed E-state index contributed by atoms with van der Waals surface area (Å²) in [5, 5.41) is 3.22. The smallest absolute Gasteiger partial charge is 0.226 e. The number of piperidine rings is 1. The molecule has 5 heteroatoms. The first kappa shape index (κ1) is 15.8. The molecule has 3 nitrogen and oxygen atoms in total. The molecule has 126 valence electrons. The summed E-state index contributed by atoms with van der Waals surface area (Å²) in [7, 11) is 0. The van der Waals surface area contributed by atoms with E-state index in [1.54, 1.807) is 17.4 Å². The van der Waals surface area contributed by atoms with Crippen molar-refractivity contribution in [1.29, 1.82) is 0 Å². The third-order valence-electron chi connectivity index (χ3n) is 5.13. The molecule has 0 radical (unpaired) electrons. The molecule has 0 unspecified atom stereocenters. The molecule has 2 fully saturated rings. The molecule has 4 rings (SSSR count). The molecular formula is C19H21FN2OS. The topological polar surface area (TPSA) is 33.2 Å². The van der Waals surface area contributed by atoms with Crippen LogP contribution in [-0.2, 0) is 4.79 Å². The highest BCUT2D eigenvalue weighted by molar-refractivity contribution is 7.09. The van der Waals surface area contributed by atoms with E-state index in [1.807, 2.05) is 24.0 Å². The standard InChI is InChI=1S/C19H21FN2OS/c1-12-11-24-18(21-12)13-5-4-8-22(10-13)19(23)16-9-15(16)14-6-2-3-7-17(14)20/h2-3,6-7,11,13,15-16H,4-5,8-10H2,1H3/t13-,15+,16-/m1/s1. The molecule has 1 aliphatic heterocycles. The monoisotopic (exact) mass is 344 g/mol. The van der Waals surface area contributed by atoms with Crippen LogP contribution >= 0.6 is 11.3 Å². The molecule has 3 atom stereocenters. The molecule has 0 N–H and O–H groups in total. The van der Waals surface area contributed by atoms with Gasteiger partial charge in [-0.15, -0.1) is 11.3 Å². The van der Waals surface area contributed by atoms with Crippen LogP contribution < -0.4 is 0 Å². The summed E-state index contributed by atoms with van der Waals surface area (Å²) in [5.41, 5.74) is 1.75. The van der Waals surface area contributed by atoms with E-state index in [4.69, 9.17) is 0 Å². The highest BCUT2D eigenvalue weighted by Gasteiger charge is 2.47. The Morgan fingerprint density at radius 1 is 1.38 bits per heavy atom. The number of carbonyl (C=O) groups excluding carboxylic acids is 1. The number of thiazole rings is 1. The maximum atomic E-state index is 13.9. The summed E-state index contributed by atoms with van der Waals surface area (Å²) in [4.78, 5) is 19.4. The molecule has 2 aliphatic rings. The Bertz CT molecular complexity index is 759. The highest BCUT2D eigenvalue weighted by atomic mass is 32.1. The predicted molar refractivity (Wildman–Crippen MR) is 92.7 cm³/mol. The molecule has 0 spiro atoms. The van der Waals surface area contributed by atoms with Crippen LogP contribution in [0.3, 0.4) is 0 Å². The van der Waals surface area contributed by atoms with Gasteiger partial charge in [-0.3, -0.25) is 4.79 Å². The van der Waals surface area contributed by atoms with Gasteiger partial charge in [0.15, 0.2) is 0 Å². The highest BCUT2D eigenvalue weighted by Crippen LogP contribution is 2.49. The van der Waals surface area contributed by atoms with Crippen LogP contribution in [0.5, 0.6) is 0 Å². The lowest BCUT2D eigenvalue weighted by atomic mass is 9.98. The predicted octanol–water partition coefficient (Wildman–Crippen LogP) is 4.10. The fourth-order valence-electron chi connectivity index (χ4n) is 3.76. The van der Waals surface area contributed by atoms with E-state index in [2.05, 4.69) is 10.4 Å². The fourth-order valence-corrected chi connectivity index (χ4v) is 4.69. The molecule has 24 heavy (non-hydrogen) atoms. The quantitative estimate of drug-likeness (QED) is 0.840. The summed E-state index contributed by atoms with van der Waals surface area (Å²) < 4.78 is 13.9. The molecule has 1 saturated carbocycles. The lowest BCUT2D eigenvalue weighted by Crippen LogP contribution is -2.40. The van der Waals surface area contributed by atoms with Crippen LogP contribution in [0.15, 0.2) is 29.6 Å². The van der Waals surface area contributed by atoms with E-state index in [9.17, 15) is 9.18 Å². The van der Waals surface area contributed by atoms with Crippen molar-refractivity contribution in [3.8, 4) is 0 Å². The van der Waals surface area contributed by atoms with Gasteiger partial charge in [0, 0.05) is 36.0 Å². The second-order valence-corrected chi connectivity index (χ2v) is 7.81. The van der Waals surface area contributed by atoms with E-state index in [0.717, 1.165) is 43.1 Å². The molecule has 2 aromatic rings. The first-order valence-corrected chi connectivity index (χ1v) is 9.46. The number of likely N-dealkylation sites (tertiary alicyclic amines) is 1. The van der Waals surface area contributed by atoms with Gasteiger partial charge in [-0.1, -0.05) is 18.2 Å². The minimum atomic E-state index is -0.187. The lowest BCUT2D eigenvalue weighted by molar-refractivity contribution is -0.133. The van der Waals surface area contributed by atoms with Crippen molar-refractivity contribution >= 4 is 17.2 Å². The largest absolute Gasteiger partial charge is 0.342 e. The van der Waals surface area contributed by atoms with Crippen LogP contribution in [-0.4, -0.2) is 28.9 Å². The molecule has 1 aromatic carbocycles. The van der Waals surface area contributed by atoms with E-state index in [0.29, 0.717) is 11.5 Å². The summed E-state index contributed by atoms with van der Waals surface area (Å²) in [6.45, 7) is 3.58. The third-order valence-corrected chi connectivity index (χ3v) is 6.26. The minimum Gasteiger partial charge on any atom is -0.342 e. The zero-order chi connectivity index (χ0) is 16.7. The number of hydrogen-bond acceptors (Lipinski definition) is 3. The van der Waals surface area contributed by atoms with Crippen molar-refractivity contribution < 1.29 is 9.18 Å². The van der Waals surface area contributed by atoms with Gasteiger partial charge in [-0.05, 0) is 43.7 Å². The molecule has 1 amide bonds. The lowest BCUT2D eigenvalue weighted by Gasteiger charge is -2.32. The third kappa shape index (κ3) is 2.97. The van der Waals surface area contributed by atoms with Crippen molar-refractivity contribution in [2.75, 3.05) is 13.1 Å². The van der Waals surface area contributed by atoms with Crippen LogP contribution in [0, 0.1) is 18.7 Å². The van der Waals surface area contributed by atoms with Crippen molar-refractivity contribution in [2.45, 2.75) is 38.0 Å². The Morgan fingerprint density at radius 2 is 2.21 bits per heavy atom. The SMILES string of the molecule is Cc1csc([C@@H]2CCCN(C(=O)[C@@H]3C[C@H]3c3ccccc3F)C2)n1. The van der Waals surface area contributed by atoms with Gasteiger partial charge < -0.3 is 4.90 Å². The van der Waals surface area contributed by atoms with Crippen molar-refractivity contribution in [2.24, 2.45) is 5.92 Å². The van der Waals surface area contributed by atoms with Gasteiger partial charge in [-0.2, -0.15) is 0 Å². The number of benzene rings is 1. The summed E-state index contributed by atoms with van der Waals surface area (Å²) in [5.74, 6) is 0.376. The number of nitrogens with zero attached hydrogens (tertiary/aromatic N) is 2. The summed E-state index contributed by atoms with van der Waals surface area (Å²) >= 11 is 1.69. The van der Waals surface area contributed by atoms with Gasteiger partial charge >= 0.3 is 0 Å². The molecule has 2 heterocycles. The normalized spacial score (nSPS) is 26.4. The van der Waals surface area contributed by atoms with Gasteiger partial charge in [-0.25, -0.2) is 9.37 Å². The second-order valence-electron chi connectivity index (χ2n) is 6.92. The summed E-state index contributed by atoms with van der Waals surface area (Å²) in [6.07, 6.45) is 2.89. The van der Waals surface area contributed by atoms with Crippen LogP contribution in [0.2, 0.25) is 0 Å². The minimum absolute atomic E-state index is 0.0429. The van der Waals surface area contributed by atoms with Crippen molar-refractivity contribution in [1.82, 2.24) is 9.88 Å². The molecular weight excluding hydrogens is 323 g/mol. The number of amides is 1. The first-order chi connectivity index (χ1) is 11.6. The van der Waals surface area contributed by atoms with Gasteiger partial charge in [0.1, 0.15) is 5.82 Å². The molecule has 1 saturated heterocycles. The Hall–Kier alpha value is -1.75. The zero-order valence-electron chi connectivity index (χ0n) is 13.7. The number of rotatable bonds is 3. The fraction of sp³-hybridized carbons (Fsp3) is 0.474. The Balaban J connectivity index is 1.43. The average Bonchev–Trinajstić information content (AvgIpc) is 3.27. The Morgan fingerprint density at radius 3 is 2.96 bits per heavy atom. The first-order valence-electron chi connectivity index (χ1n) is 8.58. The number of halogens is 1. The van der Waals surface area contributed by atoms with Gasteiger partial charge in [0.2, 0.25) is 5.91 Å². The van der Waals surface area contributed by atoms with Gasteiger partial charge in [0.25, 0.3) is 0 Å². The average molecular weight is 344 g/mol. The molecule has 1 aliphatic carbocycles. The number of hydrogen-bond donors (Lipinski definition) is 0. The number of aromatic nitrogens is 1. The molecule has 1 aromatic heterocycles. The Labute approximate surface area is 145 Å². The maximum absolute atomic E-state index is 13.9. The number of aryl methyl sites for hydroxylation is 1. The van der Waals surface area contributed by atoms with Crippen LogP contribution in [0.4, 0.5) is 4.39 Å². The van der Waals surface area contributed by atoms with Crippen molar-refractivity contribution in [3.05, 3.63) is 51.7 Å². The number of carbonyl (C=O) groups is 1. The van der Waals surface area contributed by atoms with E-state index in [-0.39, 0.29) is 23.6 Å². The Kier molecular flexibility index (Phi) is 4.12. The van der Waals surface area contributed by atoms with Gasteiger partial charge in [0.05, 0.1) is 5.01 Å². The zero-order valence-corrected chi connectivity index (χ0v) is 14.6. The maximum Gasteiger partial charge on any atom is 0.226 e. The van der Waals surface area contributed by atoms with Crippen LogP contribution in [0.25, 0.3) is 0 Å². The van der Waals surface area contributed by atoms with Crippen LogP contribution in [0.1, 0.15) is 47.4 Å². The van der Waals surface area contributed by atoms with E-state index < -0.39 is 0 Å². The van der Waals surface area contributed by atoms with E-state index in [1.165, 1.54) is 6.07 Å². The molecule has 0 bridgehead atoms. The second kappa shape index (κ2) is 6.28. The van der Waals surface area contributed by atoms with E-state index >= 15 is 0 Å². The summed E-state index contributed by atoms with van der Waals surface area (Å²) in [6, 6.07) is 6.84.